The summed E-state index contributed by atoms with van der Waals surface area (Å²) in [6, 6.07) is 15.4. The Morgan fingerprint density at radius 1 is 1.07 bits per heavy atom. The third-order valence-corrected chi connectivity index (χ3v) is 5.31. The average molecular weight is 403 g/mol. The zero-order chi connectivity index (χ0) is 20.1. The van der Waals surface area contributed by atoms with Gasteiger partial charge in [-0.1, -0.05) is 48.0 Å². The Morgan fingerprint density at radius 2 is 1.61 bits per heavy atom. The van der Waals surface area contributed by atoms with E-state index < -0.39 is 11.7 Å². The Morgan fingerprint density at radius 3 is 2.14 bits per heavy atom. The number of carbonyl (C=O) groups is 2. The number of aliphatic hydroxyl groups is 1. The number of piperidine rings is 1. The lowest BCUT2D eigenvalue weighted by molar-refractivity contribution is -0.124. The summed E-state index contributed by atoms with van der Waals surface area (Å²) in [6.45, 7) is 0.423. The van der Waals surface area contributed by atoms with Gasteiger partial charge in [0.2, 0.25) is 0 Å². The summed E-state index contributed by atoms with van der Waals surface area (Å²) in [5.41, 5.74) is 1.93. The minimum atomic E-state index is -0.990. The highest BCUT2D eigenvalue weighted by Gasteiger charge is 2.36. The molecule has 0 saturated carbocycles. The lowest BCUT2D eigenvalue weighted by Crippen LogP contribution is -2.45. The number of carbonyl (C=O) groups excluding carboxylic acids is 2. The van der Waals surface area contributed by atoms with Crippen LogP contribution in [-0.2, 0) is 15.1 Å². The largest absolute Gasteiger partial charge is 0.439 e. The van der Waals surface area contributed by atoms with Crippen LogP contribution in [0, 0.1) is 0 Å². The van der Waals surface area contributed by atoms with E-state index in [1.807, 2.05) is 48.5 Å². The molecule has 1 aliphatic rings. The molecular formula is C21H23ClN2O4. The Balaban J connectivity index is 1.61. The topological polar surface area (TPSA) is 78.9 Å². The van der Waals surface area contributed by atoms with Gasteiger partial charge in [0.05, 0.1) is 5.60 Å². The number of likely N-dealkylation sites (tertiary alicyclic amines) is 1. The molecule has 1 aliphatic heterocycles. The zero-order valence-electron chi connectivity index (χ0n) is 15.7. The fourth-order valence-corrected chi connectivity index (χ4v) is 3.38. The second-order valence-corrected chi connectivity index (χ2v) is 7.27. The highest BCUT2D eigenvalue weighted by atomic mass is 35.5. The third kappa shape index (κ3) is 4.64. The van der Waals surface area contributed by atoms with Crippen molar-refractivity contribution in [1.82, 2.24) is 10.2 Å². The summed E-state index contributed by atoms with van der Waals surface area (Å²) in [5, 5.41) is 14.1. The quantitative estimate of drug-likeness (QED) is 0.823. The van der Waals surface area contributed by atoms with Gasteiger partial charge in [-0.25, -0.2) is 4.79 Å². The van der Waals surface area contributed by atoms with E-state index in [4.69, 9.17) is 16.3 Å². The van der Waals surface area contributed by atoms with Crippen LogP contribution >= 0.6 is 11.6 Å². The molecule has 7 heteroatoms. The molecule has 0 bridgehead atoms. The number of rotatable bonds is 4. The number of nitrogens with one attached hydrogen (secondary N) is 1. The number of hydrogen-bond donors (Lipinski definition) is 2. The number of amides is 2. The maximum absolute atomic E-state index is 12.0. The molecule has 2 N–H and O–H groups in total. The van der Waals surface area contributed by atoms with E-state index in [9.17, 15) is 14.7 Å². The van der Waals surface area contributed by atoms with Crippen molar-refractivity contribution >= 4 is 23.6 Å². The summed E-state index contributed by atoms with van der Waals surface area (Å²) in [4.78, 5) is 24.7. The Bertz CT molecular complexity index is 828. The lowest BCUT2D eigenvalue weighted by Gasteiger charge is -2.38. The Kier molecular flexibility index (Phi) is 6.21. The first-order valence-corrected chi connectivity index (χ1v) is 9.50. The molecule has 28 heavy (non-hydrogen) atoms. The number of benzene rings is 2. The molecule has 2 aromatic rings. The fourth-order valence-electron chi connectivity index (χ4n) is 3.25. The average Bonchev–Trinajstić information content (AvgIpc) is 2.73. The van der Waals surface area contributed by atoms with Gasteiger partial charge in [0.25, 0.3) is 5.91 Å². The Labute approximate surface area is 169 Å². The van der Waals surface area contributed by atoms with Crippen LogP contribution in [0.15, 0.2) is 48.5 Å². The third-order valence-electron chi connectivity index (χ3n) is 5.05. The van der Waals surface area contributed by atoms with Crippen molar-refractivity contribution in [3.63, 3.8) is 0 Å². The van der Waals surface area contributed by atoms with Gasteiger partial charge in [-0.2, -0.15) is 0 Å². The van der Waals surface area contributed by atoms with Gasteiger partial charge in [-0.3, -0.25) is 4.79 Å². The maximum Gasteiger partial charge on any atom is 0.410 e. The van der Waals surface area contributed by atoms with Crippen molar-refractivity contribution in [2.24, 2.45) is 0 Å². The first-order valence-electron chi connectivity index (χ1n) is 9.12. The molecule has 2 amide bonds. The summed E-state index contributed by atoms with van der Waals surface area (Å²) in [6.07, 6.45) is 0.272. The van der Waals surface area contributed by atoms with Crippen molar-refractivity contribution in [2.75, 3.05) is 26.7 Å². The number of likely N-dealkylation sites (N-methyl/N-ethyl adjacent to an activating group) is 1. The highest BCUT2D eigenvalue weighted by Crippen LogP contribution is 2.34. The first kappa shape index (κ1) is 20.2. The van der Waals surface area contributed by atoms with Crippen molar-refractivity contribution in [3.8, 4) is 11.1 Å². The molecule has 6 nitrogen and oxygen atoms in total. The second kappa shape index (κ2) is 8.63. The summed E-state index contributed by atoms with van der Waals surface area (Å²) < 4.78 is 4.97. The minimum Gasteiger partial charge on any atom is -0.439 e. The van der Waals surface area contributed by atoms with Crippen LogP contribution in [0.1, 0.15) is 18.4 Å². The monoisotopic (exact) mass is 402 g/mol. The van der Waals surface area contributed by atoms with Crippen LogP contribution in [-0.4, -0.2) is 48.8 Å². The fraction of sp³-hybridized carbons (Fsp3) is 0.333. The molecule has 0 aliphatic carbocycles. The second-order valence-electron chi connectivity index (χ2n) is 6.83. The van der Waals surface area contributed by atoms with Gasteiger partial charge in [0.15, 0.2) is 6.61 Å². The minimum absolute atomic E-state index is 0.303. The van der Waals surface area contributed by atoms with E-state index >= 15 is 0 Å². The summed E-state index contributed by atoms with van der Waals surface area (Å²) in [7, 11) is 1.48. The number of halogens is 1. The number of ether oxygens (including phenoxy) is 1. The molecule has 3 rings (SSSR count). The SMILES string of the molecule is CNC(=O)COC(=O)N1CCC(O)(c2ccc(-c3ccc(Cl)cc3)cc2)CC1. The predicted molar refractivity (Wildman–Crippen MR) is 107 cm³/mol. The van der Waals surface area contributed by atoms with Gasteiger partial charge in [-0.15, -0.1) is 0 Å². The molecule has 0 atom stereocenters. The van der Waals surface area contributed by atoms with Gasteiger partial charge in [0, 0.05) is 25.2 Å². The van der Waals surface area contributed by atoms with Crippen LogP contribution in [0.4, 0.5) is 4.79 Å². The van der Waals surface area contributed by atoms with Crippen LogP contribution in [0.5, 0.6) is 0 Å². The molecule has 0 radical (unpaired) electrons. The van der Waals surface area contributed by atoms with E-state index in [0.717, 1.165) is 16.7 Å². The van der Waals surface area contributed by atoms with E-state index in [2.05, 4.69) is 5.32 Å². The number of hydrogen-bond acceptors (Lipinski definition) is 4. The van der Waals surface area contributed by atoms with Gasteiger partial charge < -0.3 is 20.1 Å². The smallest absolute Gasteiger partial charge is 0.410 e. The van der Waals surface area contributed by atoms with E-state index in [1.165, 1.54) is 11.9 Å². The zero-order valence-corrected chi connectivity index (χ0v) is 16.4. The standard InChI is InChI=1S/C21H23ClN2O4/c1-23-19(25)14-28-20(26)24-12-10-21(27,11-13-24)17-6-2-15(3-7-17)16-4-8-18(22)9-5-16/h2-9,27H,10-14H2,1H3,(H,23,25). The molecule has 1 fully saturated rings. The molecular weight excluding hydrogens is 380 g/mol. The molecule has 2 aromatic carbocycles. The first-order chi connectivity index (χ1) is 13.4. The normalized spacial score (nSPS) is 15.8. The van der Waals surface area contributed by atoms with Crippen molar-refractivity contribution in [1.29, 1.82) is 0 Å². The van der Waals surface area contributed by atoms with Crippen LogP contribution in [0.2, 0.25) is 5.02 Å². The molecule has 0 spiro atoms. The summed E-state index contributed by atoms with van der Waals surface area (Å²) in [5.74, 6) is -0.359. The van der Waals surface area contributed by atoms with Crippen LogP contribution in [0.3, 0.4) is 0 Å². The van der Waals surface area contributed by atoms with E-state index in [0.29, 0.717) is 31.0 Å². The van der Waals surface area contributed by atoms with Crippen molar-refractivity contribution in [3.05, 3.63) is 59.1 Å². The molecule has 0 unspecified atom stereocenters. The van der Waals surface area contributed by atoms with Crippen molar-refractivity contribution < 1.29 is 19.4 Å². The molecule has 1 saturated heterocycles. The lowest BCUT2D eigenvalue weighted by atomic mass is 9.84. The predicted octanol–water partition coefficient (Wildman–Crippen LogP) is 3.17. The van der Waals surface area contributed by atoms with Crippen LogP contribution < -0.4 is 5.32 Å². The van der Waals surface area contributed by atoms with Crippen LogP contribution in [0.25, 0.3) is 11.1 Å². The van der Waals surface area contributed by atoms with Gasteiger partial charge in [-0.05, 0) is 41.7 Å². The van der Waals surface area contributed by atoms with E-state index in [1.54, 1.807) is 0 Å². The van der Waals surface area contributed by atoms with Gasteiger partial charge in [0.1, 0.15) is 0 Å². The van der Waals surface area contributed by atoms with E-state index in [-0.39, 0.29) is 12.5 Å². The van der Waals surface area contributed by atoms with Gasteiger partial charge >= 0.3 is 6.09 Å². The molecule has 1 heterocycles. The maximum atomic E-state index is 12.0. The molecule has 0 aromatic heterocycles. The highest BCUT2D eigenvalue weighted by molar-refractivity contribution is 6.30. The molecule has 148 valence electrons. The Hall–Kier alpha value is -2.57. The van der Waals surface area contributed by atoms with Crippen molar-refractivity contribution in [2.45, 2.75) is 18.4 Å². The summed E-state index contributed by atoms with van der Waals surface area (Å²) >= 11 is 5.93. The number of nitrogens with zero attached hydrogens (tertiary/aromatic N) is 1.